The number of aromatic nitrogens is 7. The summed E-state index contributed by atoms with van der Waals surface area (Å²) in [5, 5.41) is 15.0. The molecule has 0 bridgehead atoms. The van der Waals surface area contributed by atoms with Crippen LogP contribution < -0.4 is 5.32 Å². The summed E-state index contributed by atoms with van der Waals surface area (Å²) in [5.74, 6) is -0.983. The van der Waals surface area contributed by atoms with Gasteiger partial charge in [0, 0.05) is 23.2 Å². The van der Waals surface area contributed by atoms with E-state index in [0.29, 0.717) is 17.2 Å². The van der Waals surface area contributed by atoms with Crippen LogP contribution in [0.5, 0.6) is 0 Å². The molecule has 32 heavy (non-hydrogen) atoms. The Bertz CT molecular complexity index is 1340. The van der Waals surface area contributed by atoms with Gasteiger partial charge in [0.15, 0.2) is 16.6 Å². The van der Waals surface area contributed by atoms with Gasteiger partial charge in [0.2, 0.25) is 5.91 Å². The third-order valence-electron chi connectivity index (χ3n) is 5.54. The topological polar surface area (TPSA) is 103 Å². The molecule has 0 aromatic carbocycles. The predicted octanol–water partition coefficient (Wildman–Crippen LogP) is 3.70. The van der Waals surface area contributed by atoms with Crippen LogP contribution in [-0.2, 0) is 10.2 Å². The number of carbonyl (C=O) groups is 1. The Balaban J connectivity index is 1.48. The van der Waals surface area contributed by atoms with Gasteiger partial charge in [0.1, 0.15) is 0 Å². The Kier molecular flexibility index (Phi) is 4.66. The average molecular weight is 459 g/mol. The summed E-state index contributed by atoms with van der Waals surface area (Å²) in [7, 11) is 0. The number of pyridine rings is 1. The number of hydrogen-bond donors (Lipinski definition) is 1. The predicted molar refractivity (Wildman–Crippen MR) is 111 cm³/mol. The first-order valence-electron chi connectivity index (χ1n) is 9.75. The van der Waals surface area contributed by atoms with Crippen molar-refractivity contribution in [2.24, 2.45) is 0 Å². The monoisotopic (exact) mass is 458 g/mol. The van der Waals surface area contributed by atoms with Crippen molar-refractivity contribution >= 4 is 28.8 Å². The summed E-state index contributed by atoms with van der Waals surface area (Å²) in [6, 6.07) is 2.84. The highest BCUT2D eigenvalue weighted by Crippen LogP contribution is 2.46. The number of fused-ring (bicyclic) bond motifs is 3. The van der Waals surface area contributed by atoms with Crippen LogP contribution in [0.4, 0.5) is 14.5 Å². The lowest BCUT2D eigenvalue weighted by Gasteiger charge is -2.19. The molecule has 0 fully saturated rings. The van der Waals surface area contributed by atoms with E-state index in [4.69, 9.17) is 11.6 Å². The zero-order chi connectivity index (χ0) is 22.6. The number of amides is 1. The smallest absolute Gasteiger partial charge is 0.267 e. The van der Waals surface area contributed by atoms with E-state index in [-0.39, 0.29) is 28.4 Å². The highest BCUT2D eigenvalue weighted by molar-refractivity contribution is 6.29. The molecule has 0 saturated heterocycles. The summed E-state index contributed by atoms with van der Waals surface area (Å²) < 4.78 is 28.9. The van der Waals surface area contributed by atoms with Gasteiger partial charge in [-0.3, -0.25) is 4.79 Å². The van der Waals surface area contributed by atoms with Crippen LogP contribution in [0.1, 0.15) is 49.4 Å². The molecule has 164 valence electrons. The van der Waals surface area contributed by atoms with E-state index in [0.717, 1.165) is 16.1 Å². The highest BCUT2D eigenvalue weighted by atomic mass is 35.5. The van der Waals surface area contributed by atoms with E-state index in [9.17, 15) is 13.6 Å². The van der Waals surface area contributed by atoms with Crippen molar-refractivity contribution < 1.29 is 13.6 Å². The molecule has 12 heteroatoms. The molecule has 1 aliphatic carbocycles. The highest BCUT2D eigenvalue weighted by Gasteiger charge is 2.43. The van der Waals surface area contributed by atoms with Crippen LogP contribution in [-0.4, -0.2) is 40.5 Å². The lowest BCUT2D eigenvalue weighted by atomic mass is 9.88. The molecule has 0 saturated carbocycles. The van der Waals surface area contributed by atoms with Gasteiger partial charge >= 0.3 is 0 Å². The summed E-state index contributed by atoms with van der Waals surface area (Å²) >= 11 is 6.04. The minimum atomic E-state index is -2.83. The van der Waals surface area contributed by atoms with Crippen molar-refractivity contribution in [1.82, 2.24) is 34.6 Å². The Morgan fingerprint density at radius 1 is 1.22 bits per heavy atom. The number of hydrogen-bond acceptors (Lipinski definition) is 6. The Hall–Kier alpha value is -3.47. The molecular formula is C20H17ClF2N8O. The number of anilines is 1. The molecule has 1 unspecified atom stereocenters. The standard InChI is InChI=1S/C20H17ClF2N8O/c1-20(2)7-12(13-9-24-15-6-14(21)29-30(15)16(13)20)19(32)28-10-5-11(17(22)23)18(25-8-10)31-26-3-4-27-31/h3-6,8-9,12,17H,7H2,1-2H3,(H,28,32). The van der Waals surface area contributed by atoms with Crippen LogP contribution in [0, 0.1) is 0 Å². The fraction of sp³-hybridized carbons (Fsp3) is 0.300. The maximum atomic E-state index is 13.6. The fourth-order valence-electron chi connectivity index (χ4n) is 4.23. The largest absolute Gasteiger partial charge is 0.324 e. The van der Waals surface area contributed by atoms with Crippen LogP contribution in [0.25, 0.3) is 11.5 Å². The molecule has 5 rings (SSSR count). The second-order valence-corrected chi connectivity index (χ2v) is 8.57. The van der Waals surface area contributed by atoms with Crippen molar-refractivity contribution in [2.45, 2.75) is 38.0 Å². The SMILES string of the molecule is CC1(C)CC(C(=O)Nc2cnc(-n3nccn3)c(C(F)F)c2)c2cnc3cc(Cl)nn3c21. The first-order valence-corrected chi connectivity index (χ1v) is 10.1. The third-order valence-corrected chi connectivity index (χ3v) is 5.72. The van der Waals surface area contributed by atoms with Crippen molar-refractivity contribution in [2.75, 3.05) is 5.32 Å². The van der Waals surface area contributed by atoms with Crippen LogP contribution in [0.2, 0.25) is 5.15 Å². The molecule has 4 heterocycles. The van der Waals surface area contributed by atoms with Gasteiger partial charge in [0.05, 0.1) is 41.5 Å². The first kappa shape index (κ1) is 20.4. The van der Waals surface area contributed by atoms with E-state index in [1.54, 1.807) is 16.8 Å². The van der Waals surface area contributed by atoms with Crippen molar-refractivity contribution in [1.29, 1.82) is 0 Å². The molecular weight excluding hydrogens is 442 g/mol. The molecule has 1 atom stereocenters. The molecule has 1 aliphatic rings. The number of carbonyl (C=O) groups excluding carboxylic acids is 1. The molecule has 0 radical (unpaired) electrons. The number of alkyl halides is 2. The van der Waals surface area contributed by atoms with Crippen LogP contribution >= 0.6 is 11.6 Å². The normalized spacial score (nSPS) is 17.1. The molecule has 0 spiro atoms. The van der Waals surface area contributed by atoms with Crippen molar-refractivity contribution in [3.8, 4) is 5.82 Å². The lowest BCUT2D eigenvalue weighted by Crippen LogP contribution is -2.22. The summed E-state index contributed by atoms with van der Waals surface area (Å²) in [6.07, 6.45) is 3.35. The van der Waals surface area contributed by atoms with Gasteiger partial charge in [-0.1, -0.05) is 25.4 Å². The average Bonchev–Trinajstić information content (AvgIpc) is 3.45. The third kappa shape index (κ3) is 3.29. The van der Waals surface area contributed by atoms with E-state index in [1.165, 1.54) is 24.7 Å². The number of halogens is 3. The maximum Gasteiger partial charge on any atom is 0.267 e. The molecule has 1 N–H and O–H groups in total. The minimum absolute atomic E-state index is 0.0995. The van der Waals surface area contributed by atoms with Gasteiger partial charge < -0.3 is 5.32 Å². The van der Waals surface area contributed by atoms with Gasteiger partial charge in [-0.2, -0.15) is 15.3 Å². The minimum Gasteiger partial charge on any atom is -0.324 e. The second kappa shape index (κ2) is 7.30. The van der Waals surface area contributed by atoms with Gasteiger partial charge in [0.25, 0.3) is 6.43 Å². The van der Waals surface area contributed by atoms with Gasteiger partial charge in [-0.15, -0.1) is 4.80 Å². The second-order valence-electron chi connectivity index (χ2n) is 8.19. The first-order chi connectivity index (χ1) is 15.2. The van der Waals surface area contributed by atoms with E-state index in [1.807, 2.05) is 13.8 Å². The molecule has 1 amide bonds. The molecule has 4 aromatic heterocycles. The van der Waals surface area contributed by atoms with Gasteiger partial charge in [-0.25, -0.2) is 23.3 Å². The Morgan fingerprint density at radius 2 is 1.97 bits per heavy atom. The van der Waals surface area contributed by atoms with Crippen LogP contribution in [0.3, 0.4) is 0 Å². The van der Waals surface area contributed by atoms with E-state index < -0.39 is 12.3 Å². The van der Waals surface area contributed by atoms with E-state index >= 15 is 0 Å². The summed E-state index contributed by atoms with van der Waals surface area (Å²) in [4.78, 5) is 22.6. The summed E-state index contributed by atoms with van der Waals surface area (Å²) in [5.41, 5.74) is 1.55. The van der Waals surface area contributed by atoms with Crippen molar-refractivity contribution in [3.63, 3.8) is 0 Å². The number of nitrogens with zero attached hydrogens (tertiary/aromatic N) is 7. The van der Waals surface area contributed by atoms with Crippen LogP contribution in [0.15, 0.2) is 36.9 Å². The van der Waals surface area contributed by atoms with Crippen molar-refractivity contribution in [3.05, 3.63) is 58.9 Å². The molecule has 9 nitrogen and oxygen atoms in total. The Labute approximate surface area is 185 Å². The number of rotatable bonds is 4. The fourth-order valence-corrected chi connectivity index (χ4v) is 4.40. The lowest BCUT2D eigenvalue weighted by molar-refractivity contribution is -0.117. The summed E-state index contributed by atoms with van der Waals surface area (Å²) in [6.45, 7) is 4.02. The number of nitrogens with one attached hydrogen (secondary N) is 1. The Morgan fingerprint density at radius 3 is 2.69 bits per heavy atom. The van der Waals surface area contributed by atoms with Gasteiger partial charge in [-0.05, 0) is 12.5 Å². The zero-order valence-corrected chi connectivity index (χ0v) is 17.8. The molecule has 4 aromatic rings. The van der Waals surface area contributed by atoms with E-state index in [2.05, 4.69) is 30.6 Å². The zero-order valence-electron chi connectivity index (χ0n) is 17.0. The maximum absolute atomic E-state index is 13.6. The molecule has 0 aliphatic heterocycles. The quantitative estimate of drug-likeness (QED) is 0.500.